The molecule has 10 heteroatoms. The van der Waals surface area contributed by atoms with Gasteiger partial charge in [0.1, 0.15) is 8.42 Å². The maximum atomic E-state index is 12.1. The van der Waals surface area contributed by atoms with Gasteiger partial charge in [-0.2, -0.15) is 0 Å². The van der Waals surface area contributed by atoms with Gasteiger partial charge in [-0.25, -0.2) is 26.2 Å². The highest BCUT2D eigenvalue weighted by Gasteiger charge is 2.27. The summed E-state index contributed by atoms with van der Waals surface area (Å²) in [7, 11) is -10.4. The molecule has 1 aromatic carbocycles. The third-order valence-corrected chi connectivity index (χ3v) is 9.60. The van der Waals surface area contributed by atoms with Crippen LogP contribution < -0.4 is 5.14 Å². The second-order valence-electron chi connectivity index (χ2n) is 3.62. The number of primary sulfonamides is 1. The van der Waals surface area contributed by atoms with Gasteiger partial charge in [-0.1, -0.05) is 18.2 Å². The van der Waals surface area contributed by atoms with Crippen LogP contribution in [-0.4, -0.2) is 21.0 Å². The van der Waals surface area contributed by atoms with E-state index in [1.807, 2.05) is 0 Å². The van der Waals surface area contributed by atoms with E-state index in [0.29, 0.717) is 11.3 Å². The van der Waals surface area contributed by atoms with Gasteiger partial charge in [0.05, 0.1) is 4.90 Å². The topological polar surface area (TPSA) is 111 Å². The lowest BCUT2D eigenvalue weighted by molar-refractivity contribution is 0.599. The number of hydrogen-bond donors (Lipinski definition) is 1. The summed E-state index contributed by atoms with van der Waals surface area (Å²) in [6.45, 7) is 0. The lowest BCUT2D eigenvalue weighted by Gasteiger charge is -2.01. The molecule has 0 saturated carbocycles. The molecular formula is C10H9NO5S4. The summed E-state index contributed by atoms with van der Waals surface area (Å²) in [6.07, 6.45) is 0. The van der Waals surface area contributed by atoms with Crippen molar-refractivity contribution in [2.45, 2.75) is 13.3 Å². The summed E-state index contributed by atoms with van der Waals surface area (Å²) in [6, 6.07) is 9.60. The number of hydrogen-bond acceptors (Lipinski definition) is 6. The molecule has 1 heterocycles. The molecule has 2 rings (SSSR count). The maximum Gasteiger partial charge on any atom is 0.262 e. The summed E-state index contributed by atoms with van der Waals surface area (Å²) < 4.78 is 58.3. The van der Waals surface area contributed by atoms with E-state index in [4.69, 9.17) is 5.14 Å². The Morgan fingerprint density at radius 2 is 1.55 bits per heavy atom. The van der Waals surface area contributed by atoms with Crippen molar-refractivity contribution in [2.24, 2.45) is 5.14 Å². The molecule has 1 unspecified atom stereocenters. The van der Waals surface area contributed by atoms with Crippen molar-refractivity contribution in [1.29, 1.82) is 0 Å². The second-order valence-corrected chi connectivity index (χ2v) is 11.3. The zero-order valence-corrected chi connectivity index (χ0v) is 13.1. The first-order chi connectivity index (χ1) is 9.23. The SMILES string of the molecule is NS(=O)(=O)c1ccc(S(=O)S(=O)(=O)c2ccccc2)s1. The van der Waals surface area contributed by atoms with E-state index in [2.05, 4.69) is 0 Å². The van der Waals surface area contributed by atoms with Crippen LogP contribution in [0.25, 0.3) is 0 Å². The van der Waals surface area contributed by atoms with Crippen molar-refractivity contribution >= 4 is 40.1 Å². The van der Waals surface area contributed by atoms with E-state index in [-0.39, 0.29) is 13.3 Å². The molecule has 20 heavy (non-hydrogen) atoms. The Morgan fingerprint density at radius 1 is 0.950 bits per heavy atom. The van der Waals surface area contributed by atoms with Crippen LogP contribution in [0.1, 0.15) is 0 Å². The van der Waals surface area contributed by atoms with Gasteiger partial charge in [-0.3, -0.25) is 0 Å². The Balaban J connectivity index is 2.45. The Kier molecular flexibility index (Phi) is 4.12. The zero-order valence-electron chi connectivity index (χ0n) is 9.79. The van der Waals surface area contributed by atoms with E-state index in [0.717, 1.165) is 6.07 Å². The van der Waals surface area contributed by atoms with Crippen LogP contribution in [0.2, 0.25) is 0 Å². The molecule has 6 nitrogen and oxygen atoms in total. The van der Waals surface area contributed by atoms with Crippen LogP contribution in [0.3, 0.4) is 0 Å². The van der Waals surface area contributed by atoms with E-state index < -0.39 is 28.7 Å². The van der Waals surface area contributed by atoms with Crippen molar-refractivity contribution in [3.05, 3.63) is 42.5 Å². The summed E-state index contributed by atoms with van der Waals surface area (Å²) in [4.78, 5) is -0.0936. The first kappa shape index (κ1) is 15.3. The lowest BCUT2D eigenvalue weighted by atomic mass is 10.4. The van der Waals surface area contributed by atoms with Crippen molar-refractivity contribution < 1.29 is 21.0 Å². The first-order valence-corrected chi connectivity index (χ1v) is 10.6. The van der Waals surface area contributed by atoms with E-state index >= 15 is 0 Å². The van der Waals surface area contributed by atoms with E-state index in [1.165, 1.54) is 30.3 Å². The van der Waals surface area contributed by atoms with Gasteiger partial charge in [0.2, 0.25) is 10.0 Å². The lowest BCUT2D eigenvalue weighted by Crippen LogP contribution is -2.10. The molecule has 0 aliphatic heterocycles. The minimum Gasteiger partial charge on any atom is -0.236 e. The maximum absolute atomic E-state index is 12.1. The third kappa shape index (κ3) is 2.99. The average Bonchev–Trinajstić information content (AvgIpc) is 2.88. The van der Waals surface area contributed by atoms with Crippen molar-refractivity contribution in [2.75, 3.05) is 0 Å². The van der Waals surface area contributed by atoms with Crippen LogP contribution in [0.15, 0.2) is 55.8 Å². The monoisotopic (exact) mass is 351 g/mol. The number of sulfonamides is 1. The summed E-state index contributed by atoms with van der Waals surface area (Å²) in [5, 5.41) is 4.92. The molecule has 2 aromatic rings. The molecule has 0 radical (unpaired) electrons. The molecule has 0 aliphatic carbocycles. The minimum atomic E-state index is -4.08. The molecule has 1 aromatic heterocycles. The summed E-state index contributed by atoms with van der Waals surface area (Å²) in [5.41, 5.74) is 0. The highest BCUT2D eigenvalue weighted by atomic mass is 33.2. The van der Waals surface area contributed by atoms with Crippen molar-refractivity contribution in [3.63, 3.8) is 0 Å². The largest absolute Gasteiger partial charge is 0.262 e. The van der Waals surface area contributed by atoms with Gasteiger partial charge in [0.25, 0.3) is 8.87 Å². The van der Waals surface area contributed by atoms with Gasteiger partial charge < -0.3 is 0 Å². The van der Waals surface area contributed by atoms with Crippen LogP contribution in [0, 0.1) is 0 Å². The summed E-state index contributed by atoms with van der Waals surface area (Å²) in [5.74, 6) is 0. The molecule has 2 N–H and O–H groups in total. The molecule has 0 fully saturated rings. The van der Waals surface area contributed by atoms with E-state index in [9.17, 15) is 21.0 Å². The highest BCUT2D eigenvalue weighted by molar-refractivity contribution is 8.64. The smallest absolute Gasteiger partial charge is 0.236 e. The standard InChI is InChI=1S/C10H9NO5S4/c11-19(13,14)10-7-6-9(17-10)18(12)20(15,16)8-4-2-1-3-5-8/h1-7H,(H2,11,13,14). The quantitative estimate of drug-likeness (QED) is 0.822. The van der Waals surface area contributed by atoms with E-state index in [1.54, 1.807) is 6.07 Å². The first-order valence-electron chi connectivity index (χ1n) is 5.08. The predicted molar refractivity (Wildman–Crippen MR) is 75.7 cm³/mol. The fourth-order valence-corrected chi connectivity index (χ4v) is 7.34. The fraction of sp³-hybridized carbons (Fsp3) is 0. The molecule has 0 amide bonds. The van der Waals surface area contributed by atoms with Crippen molar-refractivity contribution in [3.8, 4) is 0 Å². The molecule has 0 spiro atoms. The molecular weight excluding hydrogens is 342 g/mol. The molecule has 0 aliphatic rings. The van der Waals surface area contributed by atoms with Gasteiger partial charge in [0.15, 0.2) is 9.83 Å². The summed E-state index contributed by atoms with van der Waals surface area (Å²) >= 11 is 0.577. The predicted octanol–water partition coefficient (Wildman–Crippen LogP) is 0.892. The zero-order chi connectivity index (χ0) is 15.0. The number of nitrogens with two attached hydrogens (primary N) is 1. The second kappa shape index (κ2) is 5.37. The average molecular weight is 351 g/mol. The van der Waals surface area contributed by atoms with Crippen LogP contribution in [0.4, 0.5) is 0 Å². The minimum absolute atomic E-state index is 0.0853. The highest BCUT2D eigenvalue weighted by Crippen LogP contribution is 2.28. The third-order valence-electron chi connectivity index (χ3n) is 2.23. The van der Waals surface area contributed by atoms with Crippen molar-refractivity contribution in [1.82, 2.24) is 0 Å². The Labute approximate surface area is 122 Å². The van der Waals surface area contributed by atoms with Crippen LogP contribution >= 0.6 is 11.3 Å². The normalized spacial score (nSPS) is 14.1. The number of rotatable bonds is 4. The van der Waals surface area contributed by atoms with Crippen LogP contribution in [-0.2, 0) is 28.7 Å². The molecule has 108 valence electrons. The van der Waals surface area contributed by atoms with Gasteiger partial charge in [-0.05, 0) is 24.3 Å². The molecule has 0 bridgehead atoms. The number of benzene rings is 1. The van der Waals surface area contributed by atoms with Gasteiger partial charge >= 0.3 is 0 Å². The van der Waals surface area contributed by atoms with Crippen LogP contribution in [0.5, 0.6) is 0 Å². The fourth-order valence-electron chi connectivity index (χ4n) is 1.33. The van der Waals surface area contributed by atoms with Gasteiger partial charge in [0, 0.05) is 0 Å². The number of thiophene rings is 1. The van der Waals surface area contributed by atoms with Gasteiger partial charge in [-0.15, -0.1) is 11.3 Å². The Morgan fingerprint density at radius 3 is 2.05 bits per heavy atom. The molecule has 0 saturated heterocycles. The Bertz CT molecular complexity index is 852. The molecule has 1 atom stereocenters. The Hall–Kier alpha value is -1.07.